The van der Waals surface area contributed by atoms with Crippen LogP contribution in [0.3, 0.4) is 0 Å². The number of amides is 1. The van der Waals surface area contributed by atoms with E-state index < -0.39 is 17.8 Å². The second kappa shape index (κ2) is 8.53. The summed E-state index contributed by atoms with van der Waals surface area (Å²) < 4.78 is 15.5. The Morgan fingerprint density at radius 3 is 2.07 bits per heavy atom. The van der Waals surface area contributed by atoms with Crippen molar-refractivity contribution in [1.29, 1.82) is 0 Å². The van der Waals surface area contributed by atoms with E-state index in [4.69, 9.17) is 13.9 Å². The first-order valence-corrected chi connectivity index (χ1v) is 8.66. The Kier molecular flexibility index (Phi) is 6.39. The van der Waals surface area contributed by atoms with Gasteiger partial charge in [-0.3, -0.25) is 10.1 Å². The van der Waals surface area contributed by atoms with Crippen LogP contribution in [0.5, 0.6) is 0 Å². The van der Waals surface area contributed by atoms with Gasteiger partial charge in [-0.2, -0.15) is 0 Å². The van der Waals surface area contributed by atoms with Gasteiger partial charge < -0.3 is 13.9 Å². The standard InChI is InChI=1S/C20H23NO6/c1-6-25-19(23)15-13(5)27-18(16(15)20(24)26-7-2)21-17(22)14-9-8-11(3)12(4)10-14/h8-10H,6-7H2,1-5H3,(H,21,22). The van der Waals surface area contributed by atoms with Gasteiger partial charge in [0.2, 0.25) is 5.88 Å². The minimum atomic E-state index is -0.771. The molecule has 0 spiro atoms. The lowest BCUT2D eigenvalue weighted by atomic mass is 10.1. The molecule has 0 unspecified atom stereocenters. The highest BCUT2D eigenvalue weighted by atomic mass is 16.5. The van der Waals surface area contributed by atoms with Crippen LogP contribution >= 0.6 is 0 Å². The zero-order valence-electron chi connectivity index (χ0n) is 16.1. The van der Waals surface area contributed by atoms with Gasteiger partial charge in [0, 0.05) is 5.56 Å². The van der Waals surface area contributed by atoms with E-state index in [1.54, 1.807) is 26.0 Å². The topological polar surface area (TPSA) is 94.8 Å². The van der Waals surface area contributed by atoms with Gasteiger partial charge in [-0.15, -0.1) is 0 Å². The number of rotatable bonds is 6. The first-order valence-electron chi connectivity index (χ1n) is 8.66. The summed E-state index contributed by atoms with van der Waals surface area (Å²) >= 11 is 0. The average Bonchev–Trinajstić information content (AvgIpc) is 2.93. The smallest absolute Gasteiger partial charge is 0.344 e. The number of carbonyl (C=O) groups is 3. The third-order valence-corrected chi connectivity index (χ3v) is 4.04. The third-order valence-electron chi connectivity index (χ3n) is 4.04. The number of hydrogen-bond acceptors (Lipinski definition) is 6. The van der Waals surface area contributed by atoms with Crippen LogP contribution in [-0.2, 0) is 9.47 Å². The second-order valence-electron chi connectivity index (χ2n) is 5.93. The zero-order chi connectivity index (χ0) is 20.1. The Labute approximate surface area is 157 Å². The molecule has 0 saturated heterocycles. The molecule has 0 fully saturated rings. The highest BCUT2D eigenvalue weighted by Gasteiger charge is 2.31. The molecule has 0 aliphatic rings. The summed E-state index contributed by atoms with van der Waals surface area (Å²) in [5.41, 5.74) is 2.21. The molecule has 144 valence electrons. The third kappa shape index (κ3) is 4.36. The molecule has 1 aromatic carbocycles. The number of esters is 2. The molecule has 2 rings (SSSR count). The monoisotopic (exact) mass is 373 g/mol. The number of ether oxygens (including phenoxy) is 2. The number of benzene rings is 1. The van der Waals surface area contributed by atoms with Crippen LogP contribution < -0.4 is 5.32 Å². The largest absolute Gasteiger partial charge is 0.462 e. The molecule has 0 saturated carbocycles. The van der Waals surface area contributed by atoms with Gasteiger partial charge >= 0.3 is 11.9 Å². The van der Waals surface area contributed by atoms with E-state index in [1.807, 2.05) is 19.9 Å². The number of aryl methyl sites for hydroxylation is 3. The SMILES string of the molecule is CCOC(=O)c1c(C)oc(NC(=O)c2ccc(C)c(C)c2)c1C(=O)OCC. The molecule has 2 aromatic rings. The van der Waals surface area contributed by atoms with Gasteiger partial charge in [-0.25, -0.2) is 9.59 Å². The van der Waals surface area contributed by atoms with Gasteiger partial charge in [0.1, 0.15) is 16.9 Å². The molecule has 0 atom stereocenters. The molecule has 0 aliphatic carbocycles. The minimum Gasteiger partial charge on any atom is -0.462 e. The Morgan fingerprint density at radius 1 is 0.926 bits per heavy atom. The van der Waals surface area contributed by atoms with Crippen LogP contribution in [0.1, 0.15) is 61.8 Å². The number of nitrogens with one attached hydrogen (secondary N) is 1. The molecule has 0 bridgehead atoms. The molecule has 7 heteroatoms. The van der Waals surface area contributed by atoms with Crippen molar-refractivity contribution in [3.63, 3.8) is 0 Å². The van der Waals surface area contributed by atoms with Gasteiger partial charge in [0.25, 0.3) is 5.91 Å². The van der Waals surface area contributed by atoms with Crippen molar-refractivity contribution in [3.05, 3.63) is 51.8 Å². The number of furan rings is 1. The number of anilines is 1. The summed E-state index contributed by atoms with van der Waals surface area (Å²) in [7, 11) is 0. The maximum absolute atomic E-state index is 12.6. The van der Waals surface area contributed by atoms with Crippen molar-refractivity contribution >= 4 is 23.7 Å². The van der Waals surface area contributed by atoms with Crippen LogP contribution in [0.25, 0.3) is 0 Å². The Bertz CT molecular complexity index is 881. The lowest BCUT2D eigenvalue weighted by molar-refractivity contribution is 0.0480. The predicted octanol–water partition coefficient (Wildman–Crippen LogP) is 3.81. The van der Waals surface area contributed by atoms with Crippen LogP contribution in [0.4, 0.5) is 5.88 Å². The first kappa shape index (κ1) is 20.2. The van der Waals surface area contributed by atoms with Crippen LogP contribution in [0.2, 0.25) is 0 Å². The molecule has 1 amide bonds. The number of carbonyl (C=O) groups excluding carboxylic acids is 3. The van der Waals surface area contributed by atoms with E-state index >= 15 is 0 Å². The molecule has 7 nitrogen and oxygen atoms in total. The van der Waals surface area contributed by atoms with Crippen molar-refractivity contribution in [2.24, 2.45) is 0 Å². The molecule has 1 N–H and O–H groups in total. The lowest BCUT2D eigenvalue weighted by Crippen LogP contribution is -2.17. The van der Waals surface area contributed by atoms with Crippen molar-refractivity contribution in [1.82, 2.24) is 0 Å². The van der Waals surface area contributed by atoms with Gasteiger partial charge in [-0.05, 0) is 57.9 Å². The van der Waals surface area contributed by atoms with Crippen LogP contribution in [0.15, 0.2) is 22.6 Å². The van der Waals surface area contributed by atoms with Gasteiger partial charge in [0.15, 0.2) is 0 Å². The molecule has 0 radical (unpaired) electrons. The van der Waals surface area contributed by atoms with Crippen molar-refractivity contribution in [3.8, 4) is 0 Å². The molecule has 0 aliphatic heterocycles. The number of hydrogen-bond donors (Lipinski definition) is 1. The summed E-state index contributed by atoms with van der Waals surface area (Å²) in [6, 6.07) is 5.23. The molecular weight excluding hydrogens is 350 g/mol. The fourth-order valence-electron chi connectivity index (χ4n) is 2.54. The summed E-state index contributed by atoms with van der Waals surface area (Å²) in [4.78, 5) is 37.2. The van der Waals surface area contributed by atoms with E-state index in [2.05, 4.69) is 5.32 Å². The normalized spacial score (nSPS) is 10.4. The molecule has 1 aromatic heterocycles. The molecule has 1 heterocycles. The van der Waals surface area contributed by atoms with E-state index in [0.29, 0.717) is 5.56 Å². The Balaban J connectivity index is 2.44. The van der Waals surface area contributed by atoms with E-state index in [-0.39, 0.29) is 36.0 Å². The molecular formula is C20H23NO6. The summed E-state index contributed by atoms with van der Waals surface area (Å²) in [5.74, 6) is -1.93. The minimum absolute atomic E-state index is 0.0503. The second-order valence-corrected chi connectivity index (χ2v) is 5.93. The quantitative estimate of drug-likeness (QED) is 0.774. The van der Waals surface area contributed by atoms with E-state index in [1.165, 1.54) is 6.92 Å². The summed E-state index contributed by atoms with van der Waals surface area (Å²) in [6.45, 7) is 8.89. The fraction of sp³-hybridized carbons (Fsp3) is 0.350. The maximum Gasteiger partial charge on any atom is 0.344 e. The summed E-state index contributed by atoms with van der Waals surface area (Å²) in [5, 5.41) is 2.56. The van der Waals surface area contributed by atoms with Crippen molar-refractivity contribution in [2.45, 2.75) is 34.6 Å². The highest BCUT2D eigenvalue weighted by Crippen LogP contribution is 2.29. The van der Waals surface area contributed by atoms with Crippen LogP contribution in [0, 0.1) is 20.8 Å². The van der Waals surface area contributed by atoms with Crippen molar-refractivity contribution < 1.29 is 28.3 Å². The maximum atomic E-state index is 12.6. The molecule has 27 heavy (non-hydrogen) atoms. The van der Waals surface area contributed by atoms with Gasteiger partial charge in [-0.1, -0.05) is 6.07 Å². The van der Waals surface area contributed by atoms with Crippen molar-refractivity contribution in [2.75, 3.05) is 18.5 Å². The van der Waals surface area contributed by atoms with Crippen LogP contribution in [-0.4, -0.2) is 31.1 Å². The predicted molar refractivity (Wildman–Crippen MR) is 99.2 cm³/mol. The first-order chi connectivity index (χ1) is 12.8. The fourth-order valence-corrected chi connectivity index (χ4v) is 2.54. The zero-order valence-corrected chi connectivity index (χ0v) is 16.1. The highest BCUT2D eigenvalue weighted by molar-refractivity contribution is 6.11. The van der Waals surface area contributed by atoms with E-state index in [9.17, 15) is 14.4 Å². The Morgan fingerprint density at radius 2 is 1.52 bits per heavy atom. The average molecular weight is 373 g/mol. The Hall–Kier alpha value is -3.09. The van der Waals surface area contributed by atoms with Gasteiger partial charge in [0.05, 0.1) is 13.2 Å². The van der Waals surface area contributed by atoms with E-state index in [0.717, 1.165) is 11.1 Å². The summed E-state index contributed by atoms with van der Waals surface area (Å²) in [6.07, 6.45) is 0. The lowest BCUT2D eigenvalue weighted by Gasteiger charge is -2.08.